The van der Waals surface area contributed by atoms with Crippen LogP contribution in [0.25, 0.3) is 0 Å². The van der Waals surface area contributed by atoms with E-state index < -0.39 is 26.6 Å². The summed E-state index contributed by atoms with van der Waals surface area (Å²) in [6, 6.07) is 20.4. The molecular weight excluding hydrogens is 516 g/mol. The number of carbonyl (C=O) groups excluding carboxylic acids is 1. The summed E-state index contributed by atoms with van der Waals surface area (Å²) in [7, 11) is -4.23. The molecule has 0 radical (unpaired) electrons. The van der Waals surface area contributed by atoms with Gasteiger partial charge in [0.1, 0.15) is 6.61 Å². The van der Waals surface area contributed by atoms with Gasteiger partial charge >= 0.3 is 5.97 Å². The molecule has 1 aliphatic heterocycles. The number of nitrogens with one attached hydrogen (secondary N) is 1. The molecule has 8 nitrogen and oxygen atoms in total. The molecule has 0 fully saturated rings. The summed E-state index contributed by atoms with van der Waals surface area (Å²) in [5.41, 5.74) is 1.05. The quantitative estimate of drug-likeness (QED) is 0.234. The van der Waals surface area contributed by atoms with Gasteiger partial charge in [-0.2, -0.15) is 0 Å². The minimum atomic E-state index is -4.23. The van der Waals surface area contributed by atoms with Crippen molar-refractivity contribution in [1.82, 2.24) is 5.32 Å². The highest BCUT2D eigenvalue weighted by Gasteiger charge is 2.43. The summed E-state index contributed by atoms with van der Waals surface area (Å²) < 4.78 is 33.5. The zero-order valence-corrected chi connectivity index (χ0v) is 21.5. The first-order chi connectivity index (χ1) is 17.6. The van der Waals surface area contributed by atoms with Crippen LogP contribution in [0.15, 0.2) is 106 Å². The number of para-hydroxylation sites is 1. The smallest absolute Gasteiger partial charge is 0.337 e. The van der Waals surface area contributed by atoms with Crippen molar-refractivity contribution in [3.8, 4) is 0 Å². The van der Waals surface area contributed by atoms with Gasteiger partial charge < -0.3 is 10.1 Å². The summed E-state index contributed by atoms with van der Waals surface area (Å²) in [6.45, 7) is 3.11. The van der Waals surface area contributed by atoms with Crippen LogP contribution in [0.2, 0.25) is 5.02 Å². The van der Waals surface area contributed by atoms with E-state index in [-0.39, 0.29) is 38.9 Å². The molecule has 190 valence electrons. The van der Waals surface area contributed by atoms with Crippen LogP contribution >= 0.6 is 11.6 Å². The Labute approximate surface area is 219 Å². The van der Waals surface area contributed by atoms with E-state index in [0.29, 0.717) is 10.7 Å². The first-order valence-corrected chi connectivity index (χ1v) is 13.1. The number of hydrogen-bond acceptors (Lipinski definition) is 7. The van der Waals surface area contributed by atoms with Crippen LogP contribution in [0, 0.1) is 10.1 Å². The van der Waals surface area contributed by atoms with Crippen molar-refractivity contribution in [3.63, 3.8) is 0 Å². The van der Waals surface area contributed by atoms with Gasteiger partial charge in [0.25, 0.3) is 5.69 Å². The third-order valence-corrected chi connectivity index (χ3v) is 8.26. The molecule has 10 heteroatoms. The number of nitrogens with zero attached hydrogens (tertiary/aromatic N) is 1. The predicted molar refractivity (Wildman–Crippen MR) is 139 cm³/mol. The first-order valence-electron chi connectivity index (χ1n) is 11.2. The van der Waals surface area contributed by atoms with Crippen molar-refractivity contribution in [3.05, 3.63) is 127 Å². The van der Waals surface area contributed by atoms with Crippen molar-refractivity contribution < 1.29 is 22.9 Å². The number of allylic oxidation sites excluding steroid dienone is 3. The highest BCUT2D eigenvalue weighted by Crippen LogP contribution is 2.45. The number of dihydropyridines is 1. The van der Waals surface area contributed by atoms with E-state index in [0.717, 1.165) is 5.56 Å². The maximum absolute atomic E-state index is 13.9. The number of nitro groups is 1. The maximum atomic E-state index is 13.9. The summed E-state index contributed by atoms with van der Waals surface area (Å²) >= 11 is 5.96. The van der Waals surface area contributed by atoms with E-state index >= 15 is 0 Å². The number of carbonyl (C=O) groups is 1. The lowest BCUT2D eigenvalue weighted by molar-refractivity contribution is -0.385. The van der Waals surface area contributed by atoms with E-state index in [1.54, 1.807) is 44.2 Å². The molecule has 1 aliphatic rings. The standard InChI is InChI=1S/C27H23ClN2O6S/c1-17-24(27(31)36-16-19-8-4-3-5-9-19)25(22-10-6-7-11-23(22)30(32)33)26(18(2)29-17)37(34,35)21-14-12-20(28)13-15-21/h3-15,25,29H,16H2,1-2H3. The molecule has 0 saturated heterocycles. The first kappa shape index (κ1) is 26.1. The molecule has 37 heavy (non-hydrogen) atoms. The topological polar surface area (TPSA) is 116 Å². The molecule has 4 rings (SSSR count). The average molecular weight is 539 g/mol. The molecule has 0 saturated carbocycles. The SMILES string of the molecule is CC1=C(C(=O)OCc2ccccc2)C(c2ccccc2[N+](=O)[O-])C(S(=O)(=O)c2ccc(Cl)cc2)=C(C)N1. The van der Waals surface area contributed by atoms with Gasteiger partial charge in [0.2, 0.25) is 9.84 Å². The highest BCUT2D eigenvalue weighted by atomic mass is 35.5. The number of esters is 1. The molecule has 0 spiro atoms. The molecule has 1 atom stereocenters. The molecule has 1 N–H and O–H groups in total. The molecule has 3 aromatic carbocycles. The van der Waals surface area contributed by atoms with Crippen molar-refractivity contribution in [2.24, 2.45) is 0 Å². The van der Waals surface area contributed by atoms with Crippen LogP contribution in [0.4, 0.5) is 5.69 Å². The number of hydrogen-bond donors (Lipinski definition) is 1. The van der Waals surface area contributed by atoms with Crippen molar-refractivity contribution in [2.45, 2.75) is 31.3 Å². The second-order valence-corrected chi connectivity index (χ2v) is 10.8. The highest BCUT2D eigenvalue weighted by molar-refractivity contribution is 7.95. The maximum Gasteiger partial charge on any atom is 0.337 e. The van der Waals surface area contributed by atoms with Gasteiger partial charge in [-0.15, -0.1) is 0 Å². The van der Waals surface area contributed by atoms with Gasteiger partial charge in [0.15, 0.2) is 0 Å². The Hall–Kier alpha value is -3.95. The van der Waals surface area contributed by atoms with Crippen LogP contribution in [0.3, 0.4) is 0 Å². The van der Waals surface area contributed by atoms with Crippen LogP contribution in [-0.4, -0.2) is 19.3 Å². The normalized spacial score (nSPS) is 15.8. The van der Waals surface area contributed by atoms with Gasteiger partial charge in [-0.05, 0) is 43.7 Å². The Bertz CT molecular complexity index is 1530. The fraction of sp³-hybridized carbons (Fsp3) is 0.148. The molecule has 1 heterocycles. The Balaban J connectivity index is 1.88. The van der Waals surface area contributed by atoms with E-state index in [1.165, 1.54) is 42.5 Å². The molecule has 0 bridgehead atoms. The molecule has 0 amide bonds. The molecule has 0 aliphatic carbocycles. The van der Waals surface area contributed by atoms with E-state index in [4.69, 9.17) is 16.3 Å². The van der Waals surface area contributed by atoms with Crippen molar-refractivity contribution >= 4 is 33.1 Å². The summed E-state index contributed by atoms with van der Waals surface area (Å²) in [6.07, 6.45) is 0. The van der Waals surface area contributed by atoms with Gasteiger partial charge in [-0.25, -0.2) is 13.2 Å². The lowest BCUT2D eigenvalue weighted by atomic mass is 9.85. The fourth-order valence-corrected chi connectivity index (χ4v) is 6.22. The van der Waals surface area contributed by atoms with Crippen LogP contribution in [0.1, 0.15) is 30.9 Å². The Morgan fingerprint density at radius 1 is 0.973 bits per heavy atom. The second-order valence-electron chi connectivity index (χ2n) is 8.42. The largest absolute Gasteiger partial charge is 0.457 e. The zero-order chi connectivity index (χ0) is 26.7. The summed E-state index contributed by atoms with van der Waals surface area (Å²) in [5, 5.41) is 15.3. The summed E-state index contributed by atoms with van der Waals surface area (Å²) in [5.74, 6) is -2.07. The van der Waals surface area contributed by atoms with E-state index in [2.05, 4.69) is 5.32 Å². The monoisotopic (exact) mass is 538 g/mol. The number of sulfone groups is 1. The number of nitro benzene ring substituents is 1. The minimum Gasteiger partial charge on any atom is -0.457 e. The Morgan fingerprint density at radius 3 is 2.24 bits per heavy atom. The fourth-order valence-electron chi connectivity index (χ4n) is 4.34. The molecule has 0 aromatic heterocycles. The van der Waals surface area contributed by atoms with Crippen LogP contribution < -0.4 is 5.32 Å². The Kier molecular flexibility index (Phi) is 7.47. The van der Waals surface area contributed by atoms with Crippen molar-refractivity contribution in [2.75, 3.05) is 0 Å². The number of benzene rings is 3. The molecular formula is C27H23ClN2O6S. The van der Waals surface area contributed by atoms with E-state index in [9.17, 15) is 23.3 Å². The van der Waals surface area contributed by atoms with Crippen LogP contribution in [0.5, 0.6) is 0 Å². The molecule has 3 aromatic rings. The lowest BCUT2D eigenvalue weighted by Gasteiger charge is -2.31. The van der Waals surface area contributed by atoms with Crippen LogP contribution in [-0.2, 0) is 26.0 Å². The minimum absolute atomic E-state index is 0.0247. The third kappa shape index (κ3) is 5.28. The van der Waals surface area contributed by atoms with E-state index in [1.807, 2.05) is 6.07 Å². The lowest BCUT2D eigenvalue weighted by Crippen LogP contribution is -2.32. The third-order valence-electron chi connectivity index (χ3n) is 5.99. The number of halogens is 1. The average Bonchev–Trinajstić information content (AvgIpc) is 2.87. The number of ether oxygens (including phenoxy) is 1. The van der Waals surface area contributed by atoms with Gasteiger partial charge in [0.05, 0.1) is 26.2 Å². The second kappa shape index (κ2) is 10.6. The van der Waals surface area contributed by atoms with Gasteiger partial charge in [0, 0.05) is 28.0 Å². The Morgan fingerprint density at radius 2 is 1.59 bits per heavy atom. The van der Waals surface area contributed by atoms with Crippen molar-refractivity contribution in [1.29, 1.82) is 0 Å². The zero-order valence-electron chi connectivity index (χ0n) is 20.0. The van der Waals surface area contributed by atoms with Gasteiger partial charge in [-0.3, -0.25) is 10.1 Å². The predicted octanol–water partition coefficient (Wildman–Crippen LogP) is 5.66. The van der Waals surface area contributed by atoms with Gasteiger partial charge in [-0.1, -0.05) is 60.1 Å². The molecule has 1 unspecified atom stereocenters. The number of rotatable bonds is 7. The summed E-state index contributed by atoms with van der Waals surface area (Å²) in [4.78, 5) is 24.6.